The fraction of sp³-hybridized carbons (Fsp3) is 0.167. The summed E-state index contributed by atoms with van der Waals surface area (Å²) < 4.78 is 41.6. The first-order chi connectivity index (χ1) is 16.2. The number of nitrogens with one attached hydrogen (secondary N) is 1. The van der Waals surface area contributed by atoms with Gasteiger partial charge in [0.2, 0.25) is 10.0 Å². The van der Waals surface area contributed by atoms with Crippen LogP contribution in [-0.2, 0) is 21.4 Å². The number of sulfonamides is 1. The van der Waals surface area contributed by atoms with Crippen LogP contribution in [0.3, 0.4) is 0 Å². The van der Waals surface area contributed by atoms with Gasteiger partial charge in [0.1, 0.15) is 5.82 Å². The van der Waals surface area contributed by atoms with Crippen molar-refractivity contribution in [1.29, 1.82) is 0 Å². The van der Waals surface area contributed by atoms with Crippen LogP contribution in [0.15, 0.2) is 82.8 Å². The molecule has 0 atom stereocenters. The monoisotopic (exact) mass is 502 g/mol. The zero-order valence-electron chi connectivity index (χ0n) is 18.7. The smallest absolute Gasteiger partial charge is 0.255 e. The van der Waals surface area contributed by atoms with Crippen LogP contribution in [0, 0.1) is 5.82 Å². The maximum absolute atomic E-state index is 14.2. The Morgan fingerprint density at radius 2 is 1.68 bits per heavy atom. The van der Waals surface area contributed by atoms with Gasteiger partial charge in [0.05, 0.1) is 17.7 Å². The third-order valence-corrected chi connectivity index (χ3v) is 6.95. The van der Waals surface area contributed by atoms with Crippen LogP contribution in [0.25, 0.3) is 0 Å². The van der Waals surface area contributed by atoms with E-state index in [4.69, 9.17) is 11.6 Å². The molecule has 0 unspecified atom stereocenters. The Bertz CT molecular complexity index is 1260. The topological polar surface area (TPSA) is 82.1 Å². The summed E-state index contributed by atoms with van der Waals surface area (Å²) in [7, 11) is -0.277. The van der Waals surface area contributed by atoms with Crippen molar-refractivity contribution in [1.82, 2.24) is 9.73 Å². The highest BCUT2D eigenvalue weighted by molar-refractivity contribution is 7.89. The average Bonchev–Trinajstić information content (AvgIpc) is 2.80. The van der Waals surface area contributed by atoms with E-state index >= 15 is 0 Å². The van der Waals surface area contributed by atoms with Gasteiger partial charge in [0.15, 0.2) is 0 Å². The first-order valence-electron chi connectivity index (χ1n) is 10.3. The number of carbonyl (C=O) groups is 1. The fourth-order valence-corrected chi connectivity index (χ4v) is 4.53. The highest BCUT2D eigenvalue weighted by atomic mass is 35.5. The lowest BCUT2D eigenvalue weighted by Crippen LogP contribution is -2.39. The molecule has 3 aromatic rings. The van der Waals surface area contributed by atoms with Crippen LogP contribution in [0.4, 0.5) is 10.1 Å². The molecule has 0 radical (unpaired) electrons. The SMILES string of the molecule is CN(C)c1ccc(/C=N/NC(=O)CN(Cc2ccccc2F)S(=O)(=O)c2ccc(Cl)cc2)cc1. The molecule has 3 rings (SSSR count). The van der Waals surface area contributed by atoms with Gasteiger partial charge in [-0.25, -0.2) is 18.2 Å². The summed E-state index contributed by atoms with van der Waals surface area (Å²) in [4.78, 5) is 14.4. The summed E-state index contributed by atoms with van der Waals surface area (Å²) in [5.41, 5.74) is 4.23. The van der Waals surface area contributed by atoms with Crippen molar-refractivity contribution in [2.75, 3.05) is 25.5 Å². The molecule has 1 N–H and O–H groups in total. The number of amides is 1. The Morgan fingerprint density at radius 1 is 1.03 bits per heavy atom. The molecular formula is C24H24ClFN4O3S. The number of anilines is 1. The third-order valence-electron chi connectivity index (χ3n) is 4.89. The van der Waals surface area contributed by atoms with Gasteiger partial charge in [0, 0.05) is 36.9 Å². The molecule has 7 nitrogen and oxygen atoms in total. The standard InChI is InChI=1S/C24H24ClFN4O3S/c1-29(2)21-11-7-18(8-12-21)15-27-28-24(31)17-30(16-19-5-3-4-6-23(19)26)34(32,33)22-13-9-20(25)10-14-22/h3-15H,16-17H2,1-2H3,(H,28,31)/b27-15+. The van der Waals surface area contributed by atoms with Crippen molar-refractivity contribution in [3.8, 4) is 0 Å². The third kappa shape index (κ3) is 6.63. The summed E-state index contributed by atoms with van der Waals surface area (Å²) in [6.07, 6.45) is 1.45. The van der Waals surface area contributed by atoms with Crippen LogP contribution >= 0.6 is 11.6 Å². The predicted octanol–water partition coefficient (Wildman–Crippen LogP) is 3.89. The van der Waals surface area contributed by atoms with Crippen molar-refractivity contribution in [3.05, 3.63) is 94.8 Å². The summed E-state index contributed by atoms with van der Waals surface area (Å²) >= 11 is 5.87. The van der Waals surface area contributed by atoms with Gasteiger partial charge < -0.3 is 4.90 Å². The molecular weight excluding hydrogens is 479 g/mol. The van der Waals surface area contributed by atoms with Gasteiger partial charge in [-0.1, -0.05) is 41.9 Å². The minimum atomic E-state index is -4.13. The maximum atomic E-state index is 14.2. The van der Waals surface area contributed by atoms with E-state index in [-0.39, 0.29) is 17.0 Å². The lowest BCUT2D eigenvalue weighted by Gasteiger charge is -2.21. The molecule has 3 aromatic carbocycles. The average molecular weight is 503 g/mol. The number of halogens is 2. The number of nitrogens with zero attached hydrogens (tertiary/aromatic N) is 3. The number of hydrogen-bond donors (Lipinski definition) is 1. The van der Waals surface area contributed by atoms with Crippen molar-refractivity contribution < 1.29 is 17.6 Å². The second-order valence-electron chi connectivity index (χ2n) is 7.60. The van der Waals surface area contributed by atoms with Crippen LogP contribution in [0.1, 0.15) is 11.1 Å². The Labute approximate surface area is 203 Å². The molecule has 0 saturated carbocycles. The van der Waals surface area contributed by atoms with Gasteiger partial charge in [-0.2, -0.15) is 9.41 Å². The van der Waals surface area contributed by atoms with Crippen LogP contribution in [0.2, 0.25) is 5.02 Å². The van der Waals surface area contributed by atoms with E-state index in [1.165, 1.54) is 48.7 Å². The molecule has 0 heterocycles. The van der Waals surface area contributed by atoms with Crippen LogP contribution in [-0.4, -0.2) is 45.5 Å². The zero-order valence-corrected chi connectivity index (χ0v) is 20.2. The van der Waals surface area contributed by atoms with Gasteiger partial charge >= 0.3 is 0 Å². The lowest BCUT2D eigenvalue weighted by atomic mass is 10.2. The molecule has 1 amide bonds. The molecule has 0 aromatic heterocycles. The van der Waals surface area contributed by atoms with E-state index in [2.05, 4.69) is 10.5 Å². The Kier molecular flexibility index (Phi) is 8.38. The van der Waals surface area contributed by atoms with Gasteiger partial charge in [0.25, 0.3) is 5.91 Å². The first kappa shape index (κ1) is 25.4. The molecule has 0 saturated heterocycles. The molecule has 34 heavy (non-hydrogen) atoms. The summed E-state index contributed by atoms with van der Waals surface area (Å²) in [5, 5.41) is 4.27. The van der Waals surface area contributed by atoms with Crippen molar-refractivity contribution in [2.24, 2.45) is 5.10 Å². The molecule has 10 heteroatoms. The molecule has 0 aliphatic carbocycles. The van der Waals surface area contributed by atoms with E-state index in [1.807, 2.05) is 43.3 Å². The molecule has 0 fully saturated rings. The quantitative estimate of drug-likeness (QED) is 0.355. The van der Waals surface area contributed by atoms with Crippen LogP contribution in [0.5, 0.6) is 0 Å². The number of hydrazone groups is 1. The van der Waals surface area contributed by atoms with E-state index in [0.717, 1.165) is 15.6 Å². The summed E-state index contributed by atoms with van der Waals surface area (Å²) in [5.74, 6) is -1.24. The van der Waals surface area contributed by atoms with Crippen molar-refractivity contribution in [2.45, 2.75) is 11.4 Å². The normalized spacial score (nSPS) is 11.7. The Morgan fingerprint density at radius 3 is 2.29 bits per heavy atom. The minimum Gasteiger partial charge on any atom is -0.378 e. The predicted molar refractivity (Wildman–Crippen MR) is 132 cm³/mol. The summed E-state index contributed by atoms with van der Waals surface area (Å²) in [6, 6.07) is 18.8. The van der Waals surface area contributed by atoms with Crippen molar-refractivity contribution in [3.63, 3.8) is 0 Å². The maximum Gasteiger partial charge on any atom is 0.255 e. The molecule has 178 valence electrons. The van der Waals surface area contributed by atoms with E-state index in [9.17, 15) is 17.6 Å². The fourth-order valence-electron chi connectivity index (χ4n) is 3.03. The van der Waals surface area contributed by atoms with Crippen molar-refractivity contribution >= 4 is 39.4 Å². The van der Waals surface area contributed by atoms with Crippen LogP contribution < -0.4 is 10.3 Å². The van der Waals surface area contributed by atoms with E-state index < -0.39 is 28.3 Å². The minimum absolute atomic E-state index is 0.0643. The molecule has 0 aliphatic heterocycles. The Hall–Kier alpha value is -3.27. The second kappa shape index (κ2) is 11.2. The van der Waals surface area contributed by atoms with E-state index in [0.29, 0.717) is 5.02 Å². The Balaban J connectivity index is 1.77. The van der Waals surface area contributed by atoms with Gasteiger partial charge in [-0.15, -0.1) is 0 Å². The number of carbonyl (C=O) groups excluding carboxylic acids is 1. The molecule has 0 spiro atoms. The van der Waals surface area contributed by atoms with Gasteiger partial charge in [-0.05, 0) is 48.0 Å². The number of rotatable bonds is 9. The zero-order chi connectivity index (χ0) is 24.7. The van der Waals surface area contributed by atoms with E-state index in [1.54, 1.807) is 6.07 Å². The lowest BCUT2D eigenvalue weighted by molar-refractivity contribution is -0.121. The highest BCUT2D eigenvalue weighted by Gasteiger charge is 2.27. The molecule has 0 bridgehead atoms. The molecule has 0 aliphatic rings. The largest absolute Gasteiger partial charge is 0.378 e. The highest BCUT2D eigenvalue weighted by Crippen LogP contribution is 2.21. The number of hydrogen-bond acceptors (Lipinski definition) is 5. The second-order valence-corrected chi connectivity index (χ2v) is 9.97. The van der Waals surface area contributed by atoms with Gasteiger partial charge in [-0.3, -0.25) is 4.79 Å². The first-order valence-corrected chi connectivity index (χ1v) is 12.1. The summed E-state index contributed by atoms with van der Waals surface area (Å²) in [6.45, 7) is -0.892. The number of benzene rings is 3.